The second-order valence-corrected chi connectivity index (χ2v) is 5.98. The predicted octanol–water partition coefficient (Wildman–Crippen LogP) is 4.25. The molecule has 2 rings (SSSR count). The number of rotatable bonds is 5. The maximum Gasteiger partial charge on any atom is 0.414 e. The van der Waals surface area contributed by atoms with Gasteiger partial charge >= 0.3 is 6.09 Å². The lowest BCUT2D eigenvalue weighted by Gasteiger charge is -2.27. The fraction of sp³-hybridized carbons (Fsp3) is 0.176. The van der Waals surface area contributed by atoms with Gasteiger partial charge in [-0.15, -0.1) is 0 Å². The van der Waals surface area contributed by atoms with Crippen LogP contribution in [0.2, 0.25) is 0 Å². The topological polar surface area (TPSA) is 60.9 Å². The first-order valence-corrected chi connectivity index (χ1v) is 7.97. The average Bonchev–Trinajstić information content (AvgIpc) is 2.52. The lowest BCUT2D eigenvalue weighted by atomic mass is 10.2. The summed E-state index contributed by atoms with van der Waals surface area (Å²) < 4.78 is 14.0. The van der Waals surface area contributed by atoms with Gasteiger partial charge in [0.2, 0.25) is 5.91 Å². The van der Waals surface area contributed by atoms with Crippen LogP contribution in [-0.4, -0.2) is 35.1 Å². The van der Waals surface area contributed by atoms with Gasteiger partial charge in [0.25, 0.3) is 0 Å². The summed E-state index contributed by atoms with van der Waals surface area (Å²) in [6, 6.07) is 13.3. The van der Waals surface area contributed by atoms with E-state index >= 15 is 0 Å². The first-order chi connectivity index (χ1) is 11.4. The van der Waals surface area contributed by atoms with Crippen molar-refractivity contribution in [2.75, 3.05) is 18.0 Å². The molecule has 0 radical (unpaired) electrons. The van der Waals surface area contributed by atoms with E-state index in [9.17, 15) is 14.0 Å². The van der Waals surface area contributed by atoms with Gasteiger partial charge in [-0.25, -0.2) is 14.1 Å². The molecule has 0 unspecified atom stereocenters. The molecule has 126 valence electrons. The van der Waals surface area contributed by atoms with Gasteiger partial charge in [0, 0.05) is 35.9 Å². The quantitative estimate of drug-likeness (QED) is 0.822. The maximum absolute atomic E-state index is 13.2. The van der Waals surface area contributed by atoms with Gasteiger partial charge in [-0.1, -0.05) is 22.0 Å². The summed E-state index contributed by atoms with van der Waals surface area (Å²) in [6.45, 7) is 1.44. The maximum atomic E-state index is 13.2. The van der Waals surface area contributed by atoms with Crippen molar-refractivity contribution in [3.05, 3.63) is 58.8 Å². The Morgan fingerprint density at radius 3 is 2.29 bits per heavy atom. The summed E-state index contributed by atoms with van der Waals surface area (Å²) in [7, 11) is 0. The van der Waals surface area contributed by atoms with Crippen LogP contribution >= 0.6 is 15.9 Å². The molecule has 2 amide bonds. The molecular weight excluding hydrogens is 379 g/mol. The van der Waals surface area contributed by atoms with Gasteiger partial charge in [0.05, 0.1) is 0 Å². The SMILES string of the molecule is CC(=O)N(CCN(c1ccc(F)cc1)c1cccc(Br)c1)C(=O)O. The Hall–Kier alpha value is -2.41. The third kappa shape index (κ3) is 4.55. The van der Waals surface area contributed by atoms with E-state index < -0.39 is 12.0 Å². The number of carbonyl (C=O) groups is 2. The van der Waals surface area contributed by atoms with Gasteiger partial charge in [0.15, 0.2) is 0 Å². The van der Waals surface area contributed by atoms with E-state index in [-0.39, 0.29) is 18.9 Å². The minimum Gasteiger partial charge on any atom is -0.465 e. The Morgan fingerprint density at radius 1 is 1.08 bits per heavy atom. The molecule has 1 N–H and O–H groups in total. The minimum atomic E-state index is -1.30. The van der Waals surface area contributed by atoms with Gasteiger partial charge in [0.1, 0.15) is 5.82 Å². The number of carbonyl (C=O) groups excluding carboxylic acids is 1. The highest BCUT2D eigenvalue weighted by molar-refractivity contribution is 9.10. The highest BCUT2D eigenvalue weighted by Crippen LogP contribution is 2.27. The van der Waals surface area contributed by atoms with E-state index in [1.165, 1.54) is 19.1 Å². The van der Waals surface area contributed by atoms with E-state index in [0.717, 1.165) is 15.1 Å². The molecule has 0 saturated heterocycles. The van der Waals surface area contributed by atoms with Crippen LogP contribution in [0.4, 0.5) is 20.6 Å². The molecule has 0 aromatic heterocycles. The second kappa shape index (κ2) is 7.92. The van der Waals surface area contributed by atoms with Crippen LogP contribution in [0.25, 0.3) is 0 Å². The molecule has 0 aliphatic heterocycles. The fourth-order valence-electron chi connectivity index (χ4n) is 2.26. The lowest BCUT2D eigenvalue weighted by molar-refractivity contribution is -0.126. The van der Waals surface area contributed by atoms with Crippen molar-refractivity contribution in [1.29, 1.82) is 0 Å². The highest BCUT2D eigenvalue weighted by atomic mass is 79.9. The van der Waals surface area contributed by atoms with E-state index in [1.807, 2.05) is 29.2 Å². The van der Waals surface area contributed by atoms with E-state index in [4.69, 9.17) is 5.11 Å². The number of carboxylic acid groups (broad SMARTS) is 1. The van der Waals surface area contributed by atoms with Crippen molar-refractivity contribution in [3.8, 4) is 0 Å². The molecule has 0 aliphatic rings. The second-order valence-electron chi connectivity index (χ2n) is 5.06. The van der Waals surface area contributed by atoms with Crippen LogP contribution in [0.1, 0.15) is 6.92 Å². The van der Waals surface area contributed by atoms with Crippen molar-refractivity contribution in [2.24, 2.45) is 0 Å². The first-order valence-electron chi connectivity index (χ1n) is 7.18. The number of benzene rings is 2. The van der Waals surface area contributed by atoms with E-state index in [2.05, 4.69) is 15.9 Å². The summed E-state index contributed by atoms with van der Waals surface area (Å²) in [5, 5.41) is 9.11. The molecule has 0 spiro atoms. The fourth-order valence-corrected chi connectivity index (χ4v) is 2.65. The number of nitrogens with zero attached hydrogens (tertiary/aromatic N) is 2. The van der Waals surface area contributed by atoms with E-state index in [1.54, 1.807) is 12.1 Å². The standard InChI is InChI=1S/C17H16BrFN2O3/c1-12(22)20(17(23)24)9-10-21(15-7-5-14(19)6-8-15)16-4-2-3-13(18)11-16/h2-8,11H,9-10H2,1H3,(H,23,24). The van der Waals surface area contributed by atoms with Crippen LogP contribution in [0.5, 0.6) is 0 Å². The minimum absolute atomic E-state index is 0.00540. The third-order valence-electron chi connectivity index (χ3n) is 3.42. The molecule has 5 nitrogen and oxygen atoms in total. The smallest absolute Gasteiger partial charge is 0.414 e. The molecule has 0 saturated carbocycles. The molecule has 0 atom stereocenters. The molecule has 24 heavy (non-hydrogen) atoms. The number of halogens is 2. The normalized spacial score (nSPS) is 10.3. The average molecular weight is 395 g/mol. The summed E-state index contributed by atoms with van der Waals surface area (Å²) in [4.78, 5) is 25.2. The van der Waals surface area contributed by atoms with Crippen molar-refractivity contribution in [3.63, 3.8) is 0 Å². The number of amides is 2. The molecule has 0 aliphatic carbocycles. The molecule has 2 aromatic rings. The molecule has 2 aromatic carbocycles. The molecule has 0 bridgehead atoms. The number of hydrogen-bond donors (Lipinski definition) is 1. The molecule has 0 heterocycles. The summed E-state index contributed by atoms with van der Waals surface area (Å²) in [6.07, 6.45) is -1.30. The van der Waals surface area contributed by atoms with Crippen LogP contribution in [0.15, 0.2) is 53.0 Å². The summed E-state index contributed by atoms with van der Waals surface area (Å²) in [5.41, 5.74) is 1.49. The van der Waals surface area contributed by atoms with Crippen LogP contribution in [-0.2, 0) is 4.79 Å². The van der Waals surface area contributed by atoms with Gasteiger partial charge in [-0.3, -0.25) is 4.79 Å². The Labute approximate surface area is 147 Å². The zero-order valence-electron chi connectivity index (χ0n) is 12.9. The summed E-state index contributed by atoms with van der Waals surface area (Å²) in [5.74, 6) is -0.903. The monoisotopic (exact) mass is 394 g/mol. The lowest BCUT2D eigenvalue weighted by Crippen LogP contribution is -2.39. The van der Waals surface area contributed by atoms with Gasteiger partial charge < -0.3 is 10.0 Å². The first kappa shape index (κ1) is 17.9. The Bertz CT molecular complexity index is 723. The van der Waals surface area contributed by atoms with Gasteiger partial charge in [-0.05, 0) is 42.5 Å². The number of imide groups is 1. The van der Waals surface area contributed by atoms with Crippen molar-refractivity contribution in [1.82, 2.24) is 4.90 Å². The van der Waals surface area contributed by atoms with Crippen LogP contribution in [0.3, 0.4) is 0 Å². The molecular formula is C17H16BrFN2O3. The zero-order chi connectivity index (χ0) is 17.7. The van der Waals surface area contributed by atoms with Crippen molar-refractivity contribution in [2.45, 2.75) is 6.92 Å². The summed E-state index contributed by atoms with van der Waals surface area (Å²) >= 11 is 3.40. The zero-order valence-corrected chi connectivity index (χ0v) is 14.5. The number of anilines is 2. The van der Waals surface area contributed by atoms with Crippen LogP contribution < -0.4 is 4.90 Å². The Morgan fingerprint density at radius 2 is 1.75 bits per heavy atom. The van der Waals surface area contributed by atoms with E-state index in [0.29, 0.717) is 5.69 Å². The van der Waals surface area contributed by atoms with Gasteiger partial charge in [-0.2, -0.15) is 0 Å². The molecule has 7 heteroatoms. The van der Waals surface area contributed by atoms with Crippen molar-refractivity contribution >= 4 is 39.3 Å². The van der Waals surface area contributed by atoms with Crippen LogP contribution in [0, 0.1) is 5.82 Å². The highest BCUT2D eigenvalue weighted by Gasteiger charge is 2.19. The Kier molecular flexibility index (Phi) is 5.92. The van der Waals surface area contributed by atoms with Crippen molar-refractivity contribution < 1.29 is 19.1 Å². The number of hydrogen-bond acceptors (Lipinski definition) is 3. The molecule has 0 fully saturated rings. The predicted molar refractivity (Wildman–Crippen MR) is 93.0 cm³/mol. The Balaban J connectivity index is 2.31. The third-order valence-corrected chi connectivity index (χ3v) is 3.91. The largest absolute Gasteiger partial charge is 0.465 e.